The normalized spacial score (nSPS) is 14.6. The lowest BCUT2D eigenvalue weighted by Gasteiger charge is -2.26. The number of hydrogen-bond donors (Lipinski definition) is 1. The van der Waals surface area contributed by atoms with Crippen molar-refractivity contribution in [3.05, 3.63) is 99.4 Å². The molecular formula is C25H18FN3O7. The Morgan fingerprint density at radius 3 is 2.53 bits per heavy atom. The number of methoxy groups -OCH3 is 1. The number of amides is 4. The van der Waals surface area contributed by atoms with Crippen LogP contribution in [0.25, 0.3) is 6.08 Å². The van der Waals surface area contributed by atoms with E-state index in [0.29, 0.717) is 21.8 Å². The van der Waals surface area contributed by atoms with Gasteiger partial charge in [0.2, 0.25) is 0 Å². The van der Waals surface area contributed by atoms with E-state index in [-0.39, 0.29) is 29.3 Å². The zero-order valence-electron chi connectivity index (χ0n) is 18.8. The molecule has 0 atom stereocenters. The maximum atomic E-state index is 13.9. The molecule has 1 saturated heterocycles. The number of rotatable bonds is 7. The first-order valence-corrected chi connectivity index (χ1v) is 10.5. The fourth-order valence-electron chi connectivity index (χ4n) is 3.47. The van der Waals surface area contributed by atoms with Gasteiger partial charge in [-0.1, -0.05) is 30.3 Å². The predicted octanol–water partition coefficient (Wildman–Crippen LogP) is 3.99. The molecule has 0 aromatic heterocycles. The molecular weight excluding hydrogens is 473 g/mol. The van der Waals surface area contributed by atoms with Gasteiger partial charge in [0.25, 0.3) is 17.5 Å². The molecule has 182 valence electrons. The average molecular weight is 491 g/mol. The molecule has 36 heavy (non-hydrogen) atoms. The smallest absolute Gasteiger partial charge is 0.335 e. The van der Waals surface area contributed by atoms with Crippen LogP contribution in [0.1, 0.15) is 11.1 Å². The van der Waals surface area contributed by atoms with Crippen LogP contribution in [0.2, 0.25) is 0 Å². The molecule has 1 aliphatic rings. The maximum Gasteiger partial charge on any atom is 0.335 e. The average Bonchev–Trinajstić information content (AvgIpc) is 2.86. The largest absolute Gasteiger partial charge is 0.493 e. The fraction of sp³-hybridized carbons (Fsp3) is 0.0800. The highest BCUT2D eigenvalue weighted by molar-refractivity contribution is 6.39. The summed E-state index contributed by atoms with van der Waals surface area (Å²) < 4.78 is 24.9. The molecule has 4 rings (SSSR count). The molecule has 1 N–H and O–H groups in total. The number of non-ortho nitro benzene ring substituents is 1. The number of benzene rings is 3. The van der Waals surface area contributed by atoms with Crippen LogP contribution in [0.5, 0.6) is 11.5 Å². The summed E-state index contributed by atoms with van der Waals surface area (Å²) in [5.74, 6) is -1.73. The topological polar surface area (TPSA) is 128 Å². The minimum Gasteiger partial charge on any atom is -0.493 e. The van der Waals surface area contributed by atoms with Gasteiger partial charge >= 0.3 is 6.03 Å². The number of nitrogens with one attached hydrogen (secondary N) is 1. The Labute approximate surface area is 203 Å². The molecule has 3 aromatic rings. The Morgan fingerprint density at radius 2 is 1.81 bits per heavy atom. The van der Waals surface area contributed by atoms with Crippen molar-refractivity contribution in [3.8, 4) is 11.5 Å². The third-order valence-corrected chi connectivity index (χ3v) is 5.24. The van der Waals surface area contributed by atoms with Gasteiger partial charge in [0.15, 0.2) is 11.5 Å². The van der Waals surface area contributed by atoms with E-state index in [1.165, 1.54) is 49.6 Å². The quantitative estimate of drug-likeness (QED) is 0.229. The number of nitro groups is 1. The van der Waals surface area contributed by atoms with E-state index in [9.17, 15) is 28.9 Å². The maximum absolute atomic E-state index is 13.9. The van der Waals surface area contributed by atoms with Crippen LogP contribution < -0.4 is 19.7 Å². The van der Waals surface area contributed by atoms with Crippen LogP contribution in [-0.4, -0.2) is 29.9 Å². The number of hydrogen-bond acceptors (Lipinski definition) is 7. The Kier molecular flexibility index (Phi) is 6.72. The lowest BCUT2D eigenvalue weighted by Crippen LogP contribution is -2.54. The second-order valence-electron chi connectivity index (χ2n) is 7.53. The Hall–Kier alpha value is -5.06. The minimum atomic E-state index is -1.03. The number of barbiturate groups is 1. The van der Waals surface area contributed by atoms with Crippen LogP contribution in [0, 0.1) is 15.9 Å². The highest BCUT2D eigenvalue weighted by atomic mass is 19.1. The predicted molar refractivity (Wildman–Crippen MR) is 126 cm³/mol. The zero-order chi connectivity index (χ0) is 25.8. The minimum absolute atomic E-state index is 0.0509. The molecule has 4 amide bonds. The molecule has 0 aliphatic carbocycles. The summed E-state index contributed by atoms with van der Waals surface area (Å²) in [7, 11) is 1.39. The molecule has 0 bridgehead atoms. The number of nitro benzene ring substituents is 1. The molecule has 0 radical (unpaired) electrons. The molecule has 0 unspecified atom stereocenters. The van der Waals surface area contributed by atoms with Gasteiger partial charge in [-0.25, -0.2) is 14.1 Å². The molecule has 0 saturated carbocycles. The van der Waals surface area contributed by atoms with Crippen molar-refractivity contribution in [2.24, 2.45) is 0 Å². The summed E-state index contributed by atoms with van der Waals surface area (Å²) >= 11 is 0. The number of carbonyl (C=O) groups excluding carboxylic acids is 3. The third kappa shape index (κ3) is 4.89. The number of nitrogens with zero attached hydrogens (tertiary/aromatic N) is 2. The van der Waals surface area contributed by atoms with E-state index < -0.39 is 28.6 Å². The number of halogens is 1. The van der Waals surface area contributed by atoms with E-state index in [2.05, 4.69) is 5.32 Å². The van der Waals surface area contributed by atoms with Crippen molar-refractivity contribution < 1.29 is 33.2 Å². The number of urea groups is 1. The lowest BCUT2D eigenvalue weighted by molar-refractivity contribution is -0.384. The molecule has 10 nitrogen and oxygen atoms in total. The second-order valence-corrected chi connectivity index (χ2v) is 7.53. The SMILES string of the molecule is COc1cc(/C=C2/C(=O)NC(=O)N(c3cccc([N+](=O)[O-])c3)C2=O)ccc1OCc1ccccc1F. The van der Waals surface area contributed by atoms with Crippen LogP contribution in [0.3, 0.4) is 0 Å². The van der Waals surface area contributed by atoms with Crippen LogP contribution in [0.4, 0.5) is 20.6 Å². The lowest BCUT2D eigenvalue weighted by atomic mass is 10.1. The van der Waals surface area contributed by atoms with Gasteiger partial charge in [-0.15, -0.1) is 0 Å². The zero-order valence-corrected chi connectivity index (χ0v) is 18.8. The molecule has 0 spiro atoms. The summed E-state index contributed by atoms with van der Waals surface area (Å²) in [6, 6.07) is 14.6. The highest BCUT2D eigenvalue weighted by Crippen LogP contribution is 2.31. The number of imide groups is 2. The van der Waals surface area contributed by atoms with Gasteiger partial charge in [0.1, 0.15) is 18.0 Å². The van der Waals surface area contributed by atoms with Crippen LogP contribution >= 0.6 is 0 Å². The van der Waals surface area contributed by atoms with E-state index >= 15 is 0 Å². The monoisotopic (exact) mass is 491 g/mol. The van der Waals surface area contributed by atoms with E-state index in [1.807, 2.05) is 0 Å². The van der Waals surface area contributed by atoms with E-state index in [0.717, 1.165) is 6.07 Å². The summed E-state index contributed by atoms with van der Waals surface area (Å²) in [6.45, 7) is -0.0509. The van der Waals surface area contributed by atoms with Crippen molar-refractivity contribution in [1.29, 1.82) is 0 Å². The summed E-state index contributed by atoms with van der Waals surface area (Å²) in [6.07, 6.45) is 1.25. The second kappa shape index (κ2) is 10.1. The van der Waals surface area contributed by atoms with Crippen molar-refractivity contribution in [3.63, 3.8) is 0 Å². The van der Waals surface area contributed by atoms with Crippen LogP contribution in [-0.2, 0) is 16.2 Å². The van der Waals surface area contributed by atoms with Gasteiger partial charge in [0, 0.05) is 17.7 Å². The highest BCUT2D eigenvalue weighted by Gasteiger charge is 2.37. The van der Waals surface area contributed by atoms with Crippen molar-refractivity contribution in [2.75, 3.05) is 12.0 Å². The summed E-state index contributed by atoms with van der Waals surface area (Å²) in [4.78, 5) is 48.9. The summed E-state index contributed by atoms with van der Waals surface area (Å²) in [5.41, 5.74) is -0.0490. The molecule has 1 fully saturated rings. The van der Waals surface area contributed by atoms with Gasteiger partial charge in [-0.3, -0.25) is 25.0 Å². The Bertz CT molecular complexity index is 1420. The molecule has 3 aromatic carbocycles. The van der Waals surface area contributed by atoms with Gasteiger partial charge < -0.3 is 9.47 Å². The van der Waals surface area contributed by atoms with Gasteiger partial charge in [0.05, 0.1) is 17.7 Å². The Morgan fingerprint density at radius 1 is 1.03 bits per heavy atom. The van der Waals surface area contributed by atoms with Crippen molar-refractivity contribution >= 4 is 35.3 Å². The van der Waals surface area contributed by atoms with Crippen molar-refractivity contribution in [1.82, 2.24) is 5.32 Å². The standard InChI is InChI=1S/C25H18FN3O7/c1-35-22-12-15(9-10-21(22)36-14-16-5-2-3-8-20(16)26)11-19-23(30)27-25(32)28(24(19)31)17-6-4-7-18(13-17)29(33)34/h2-13H,14H2,1H3,(H,27,30,32)/b19-11-. The van der Waals surface area contributed by atoms with Crippen molar-refractivity contribution in [2.45, 2.75) is 6.61 Å². The first-order chi connectivity index (χ1) is 17.3. The Balaban J connectivity index is 1.61. The first-order valence-electron chi connectivity index (χ1n) is 10.5. The van der Waals surface area contributed by atoms with E-state index in [1.54, 1.807) is 24.3 Å². The molecule has 11 heteroatoms. The van der Waals surface area contributed by atoms with Gasteiger partial charge in [-0.2, -0.15) is 0 Å². The summed E-state index contributed by atoms with van der Waals surface area (Å²) in [5, 5.41) is 13.1. The first kappa shape index (κ1) is 24.1. The third-order valence-electron chi connectivity index (χ3n) is 5.24. The number of ether oxygens (including phenoxy) is 2. The molecule has 1 heterocycles. The number of anilines is 1. The van der Waals surface area contributed by atoms with Gasteiger partial charge in [-0.05, 0) is 35.9 Å². The number of carbonyl (C=O) groups is 3. The fourth-order valence-corrected chi connectivity index (χ4v) is 3.47. The molecule has 1 aliphatic heterocycles. The van der Waals surface area contributed by atoms with Crippen LogP contribution in [0.15, 0.2) is 72.3 Å². The van der Waals surface area contributed by atoms with E-state index in [4.69, 9.17) is 9.47 Å².